The first-order chi connectivity index (χ1) is 11.4. The van der Waals surface area contributed by atoms with Gasteiger partial charge in [0.15, 0.2) is 0 Å². The number of carbonyl (C=O) groups is 3. The summed E-state index contributed by atoms with van der Waals surface area (Å²) in [6.07, 6.45) is 0. The average molecular weight is 332 g/mol. The molecule has 128 valence electrons. The fraction of sp³-hybridized carbons (Fsp3) is 0.353. The number of aryl methyl sites for hydroxylation is 1. The topological polar surface area (TPSA) is 93.7 Å². The van der Waals surface area contributed by atoms with E-state index in [4.69, 9.17) is 9.47 Å². The number of urea groups is 1. The van der Waals surface area contributed by atoms with Crippen molar-refractivity contribution in [1.29, 1.82) is 0 Å². The van der Waals surface area contributed by atoms with Gasteiger partial charge in [0.2, 0.25) is 0 Å². The number of hydrogen-bond donors (Lipinski definition) is 2. The third-order valence-electron chi connectivity index (χ3n) is 3.47. The summed E-state index contributed by atoms with van der Waals surface area (Å²) >= 11 is 0. The molecule has 2 N–H and O–H groups in total. The Labute approximate surface area is 140 Å². The lowest BCUT2D eigenvalue weighted by atomic mass is 10.0. The molecule has 1 aromatic carbocycles. The Balaban J connectivity index is 2.17. The standard InChI is InChI=1S/C17H20N2O5/c1-4-23-16(21)14-11(3)18-17(22)19-13(14)9-24-15(20)12-7-5-6-10(2)8-12/h5-8,11H,4,9H2,1-3H3,(H2,18,19,22)/t11-/m1/s1. The number of ether oxygens (including phenoxy) is 2. The van der Waals surface area contributed by atoms with Crippen LogP contribution in [-0.4, -0.2) is 37.2 Å². The maximum Gasteiger partial charge on any atom is 0.338 e. The van der Waals surface area contributed by atoms with Gasteiger partial charge in [-0.15, -0.1) is 0 Å². The van der Waals surface area contributed by atoms with Gasteiger partial charge in [-0.2, -0.15) is 0 Å². The molecule has 24 heavy (non-hydrogen) atoms. The summed E-state index contributed by atoms with van der Waals surface area (Å²) in [7, 11) is 0. The number of amides is 2. The van der Waals surface area contributed by atoms with E-state index in [0.29, 0.717) is 5.56 Å². The van der Waals surface area contributed by atoms with E-state index in [1.165, 1.54) is 0 Å². The number of rotatable bonds is 5. The van der Waals surface area contributed by atoms with Gasteiger partial charge in [0.25, 0.3) is 0 Å². The van der Waals surface area contributed by atoms with Crippen molar-refractivity contribution in [3.8, 4) is 0 Å². The van der Waals surface area contributed by atoms with Gasteiger partial charge >= 0.3 is 18.0 Å². The normalized spacial score (nSPS) is 17.0. The highest BCUT2D eigenvalue weighted by Gasteiger charge is 2.30. The zero-order chi connectivity index (χ0) is 17.7. The molecule has 0 unspecified atom stereocenters. The smallest absolute Gasteiger partial charge is 0.338 e. The maximum atomic E-state index is 12.1. The Morgan fingerprint density at radius 3 is 2.62 bits per heavy atom. The molecule has 0 radical (unpaired) electrons. The Hall–Kier alpha value is -2.83. The molecule has 0 fully saturated rings. The van der Waals surface area contributed by atoms with E-state index in [0.717, 1.165) is 5.56 Å². The van der Waals surface area contributed by atoms with E-state index in [1.54, 1.807) is 32.0 Å². The molecule has 7 heteroatoms. The van der Waals surface area contributed by atoms with E-state index < -0.39 is 24.0 Å². The van der Waals surface area contributed by atoms with E-state index >= 15 is 0 Å². The molecular weight excluding hydrogens is 312 g/mol. The summed E-state index contributed by atoms with van der Waals surface area (Å²) in [5.74, 6) is -1.09. The third kappa shape index (κ3) is 4.13. The molecule has 1 atom stereocenters. The van der Waals surface area contributed by atoms with Gasteiger partial charge in [0, 0.05) is 0 Å². The van der Waals surface area contributed by atoms with Crippen molar-refractivity contribution < 1.29 is 23.9 Å². The summed E-state index contributed by atoms with van der Waals surface area (Å²) in [6.45, 7) is 5.20. The van der Waals surface area contributed by atoms with Gasteiger partial charge in [-0.25, -0.2) is 14.4 Å². The number of benzene rings is 1. The molecular formula is C17H20N2O5. The van der Waals surface area contributed by atoms with Crippen molar-refractivity contribution >= 4 is 18.0 Å². The van der Waals surface area contributed by atoms with Gasteiger partial charge in [0.05, 0.1) is 29.5 Å². The highest BCUT2D eigenvalue weighted by molar-refractivity contribution is 5.95. The van der Waals surface area contributed by atoms with E-state index in [1.807, 2.05) is 13.0 Å². The minimum absolute atomic E-state index is 0.208. The van der Waals surface area contributed by atoms with E-state index in [-0.39, 0.29) is 24.5 Å². The van der Waals surface area contributed by atoms with Gasteiger partial charge in [0.1, 0.15) is 6.61 Å². The van der Waals surface area contributed by atoms with Crippen LogP contribution in [0.15, 0.2) is 35.5 Å². The van der Waals surface area contributed by atoms with Crippen LogP contribution in [0.2, 0.25) is 0 Å². The lowest BCUT2D eigenvalue weighted by Gasteiger charge is -2.26. The number of nitrogens with one attached hydrogen (secondary N) is 2. The fourth-order valence-electron chi connectivity index (χ4n) is 2.39. The molecule has 0 spiro atoms. The van der Waals surface area contributed by atoms with Crippen molar-refractivity contribution in [2.45, 2.75) is 26.8 Å². The first-order valence-corrected chi connectivity index (χ1v) is 7.63. The van der Waals surface area contributed by atoms with Crippen LogP contribution >= 0.6 is 0 Å². The first kappa shape index (κ1) is 17.5. The largest absolute Gasteiger partial charge is 0.463 e. The van der Waals surface area contributed by atoms with Crippen LogP contribution in [0.25, 0.3) is 0 Å². The number of carbonyl (C=O) groups excluding carboxylic acids is 3. The second kappa shape index (κ2) is 7.63. The van der Waals surface area contributed by atoms with Gasteiger partial charge in [-0.1, -0.05) is 17.7 Å². The lowest BCUT2D eigenvalue weighted by molar-refractivity contribution is -0.139. The van der Waals surface area contributed by atoms with Crippen LogP contribution in [-0.2, 0) is 14.3 Å². The molecule has 1 aliphatic rings. The summed E-state index contributed by atoms with van der Waals surface area (Å²) in [6, 6.07) is 5.96. The molecule has 0 aliphatic carbocycles. The van der Waals surface area contributed by atoms with Gasteiger partial charge in [-0.3, -0.25) is 0 Å². The molecule has 1 heterocycles. The summed E-state index contributed by atoms with van der Waals surface area (Å²) < 4.78 is 10.2. The van der Waals surface area contributed by atoms with E-state index in [2.05, 4.69) is 10.6 Å². The van der Waals surface area contributed by atoms with Crippen molar-refractivity contribution in [2.24, 2.45) is 0 Å². The highest BCUT2D eigenvalue weighted by Crippen LogP contribution is 2.15. The molecule has 0 saturated carbocycles. The minimum Gasteiger partial charge on any atom is -0.463 e. The van der Waals surface area contributed by atoms with Crippen molar-refractivity contribution in [1.82, 2.24) is 10.6 Å². The number of hydrogen-bond acceptors (Lipinski definition) is 5. The average Bonchev–Trinajstić information content (AvgIpc) is 2.52. The molecule has 2 rings (SSSR count). The zero-order valence-corrected chi connectivity index (χ0v) is 13.8. The molecule has 1 aliphatic heterocycles. The van der Waals surface area contributed by atoms with Crippen LogP contribution < -0.4 is 10.6 Å². The van der Waals surface area contributed by atoms with Crippen molar-refractivity contribution in [3.05, 3.63) is 46.7 Å². The van der Waals surface area contributed by atoms with Crippen molar-refractivity contribution in [3.63, 3.8) is 0 Å². The molecule has 1 aromatic rings. The quantitative estimate of drug-likeness (QED) is 0.800. The predicted molar refractivity (Wildman–Crippen MR) is 86.2 cm³/mol. The lowest BCUT2D eigenvalue weighted by Crippen LogP contribution is -2.50. The SMILES string of the molecule is CCOC(=O)C1=C(COC(=O)c2cccc(C)c2)NC(=O)N[C@@H]1C. The molecule has 0 bridgehead atoms. The summed E-state index contributed by atoms with van der Waals surface area (Å²) in [5, 5.41) is 5.08. The highest BCUT2D eigenvalue weighted by atomic mass is 16.5. The second-order valence-corrected chi connectivity index (χ2v) is 5.38. The van der Waals surface area contributed by atoms with Crippen LogP contribution in [0.5, 0.6) is 0 Å². The fourth-order valence-corrected chi connectivity index (χ4v) is 2.39. The Morgan fingerprint density at radius 1 is 1.21 bits per heavy atom. The monoisotopic (exact) mass is 332 g/mol. The van der Waals surface area contributed by atoms with Crippen LogP contribution in [0.1, 0.15) is 29.8 Å². The van der Waals surface area contributed by atoms with Crippen molar-refractivity contribution in [2.75, 3.05) is 13.2 Å². The minimum atomic E-state index is -0.556. The predicted octanol–water partition coefficient (Wildman–Crippen LogP) is 1.67. The molecule has 0 saturated heterocycles. The Morgan fingerprint density at radius 2 is 1.96 bits per heavy atom. The zero-order valence-electron chi connectivity index (χ0n) is 13.8. The van der Waals surface area contributed by atoms with Crippen LogP contribution in [0, 0.1) is 6.92 Å². The first-order valence-electron chi connectivity index (χ1n) is 7.63. The Bertz CT molecular complexity index is 696. The summed E-state index contributed by atoms with van der Waals surface area (Å²) in [5.41, 5.74) is 1.81. The van der Waals surface area contributed by atoms with Gasteiger partial charge in [-0.05, 0) is 32.9 Å². The number of esters is 2. The third-order valence-corrected chi connectivity index (χ3v) is 3.47. The molecule has 0 aromatic heterocycles. The van der Waals surface area contributed by atoms with Crippen LogP contribution in [0.4, 0.5) is 4.79 Å². The van der Waals surface area contributed by atoms with E-state index in [9.17, 15) is 14.4 Å². The Kier molecular flexibility index (Phi) is 5.57. The van der Waals surface area contributed by atoms with Crippen LogP contribution in [0.3, 0.4) is 0 Å². The summed E-state index contributed by atoms with van der Waals surface area (Å²) in [4.78, 5) is 35.8. The second-order valence-electron chi connectivity index (χ2n) is 5.38. The molecule has 2 amide bonds. The van der Waals surface area contributed by atoms with Gasteiger partial charge < -0.3 is 20.1 Å². The molecule has 7 nitrogen and oxygen atoms in total. The maximum absolute atomic E-state index is 12.1.